The van der Waals surface area contributed by atoms with E-state index in [1.807, 2.05) is 6.07 Å². The molecule has 0 aromatic heterocycles. The number of hydrogen-bond acceptors (Lipinski definition) is 4. The number of nitro groups is 1. The van der Waals surface area contributed by atoms with Gasteiger partial charge in [-0.15, -0.1) is 0 Å². The predicted octanol–water partition coefficient (Wildman–Crippen LogP) is 2.76. The van der Waals surface area contributed by atoms with Crippen LogP contribution in [0.1, 0.15) is 19.3 Å². The topological polar surface area (TPSA) is 72.4 Å². The number of benzene rings is 1. The van der Waals surface area contributed by atoms with Gasteiger partial charge >= 0.3 is 0 Å². The lowest BCUT2D eigenvalue weighted by Gasteiger charge is -2.34. The third kappa shape index (κ3) is 3.56. The van der Waals surface area contributed by atoms with Gasteiger partial charge in [0.25, 0.3) is 5.69 Å². The molecule has 0 bridgehead atoms. The van der Waals surface area contributed by atoms with Crippen LogP contribution >= 0.6 is 22.6 Å². The van der Waals surface area contributed by atoms with Crippen molar-refractivity contribution in [2.75, 3.05) is 24.5 Å². The van der Waals surface area contributed by atoms with E-state index < -0.39 is 0 Å². The molecule has 0 amide bonds. The summed E-state index contributed by atoms with van der Waals surface area (Å²) in [7, 11) is 0. The Kier molecular flexibility index (Phi) is 4.98. The molecule has 1 aliphatic rings. The molecular formula is C13H18IN3O2. The zero-order chi connectivity index (χ0) is 13.8. The fourth-order valence-electron chi connectivity index (χ4n) is 2.62. The highest BCUT2D eigenvalue weighted by Gasteiger charge is 2.21. The van der Waals surface area contributed by atoms with E-state index in [0.29, 0.717) is 5.92 Å². The number of nitro benzene ring substituents is 1. The van der Waals surface area contributed by atoms with Crippen LogP contribution in [0.25, 0.3) is 0 Å². The Bertz CT molecular complexity index is 465. The van der Waals surface area contributed by atoms with Crippen LogP contribution in [0.2, 0.25) is 0 Å². The molecule has 2 N–H and O–H groups in total. The highest BCUT2D eigenvalue weighted by atomic mass is 127. The van der Waals surface area contributed by atoms with Gasteiger partial charge in [-0.2, -0.15) is 0 Å². The van der Waals surface area contributed by atoms with Gasteiger partial charge in [0.05, 0.1) is 10.6 Å². The monoisotopic (exact) mass is 375 g/mol. The van der Waals surface area contributed by atoms with Gasteiger partial charge in [-0.1, -0.05) is 0 Å². The maximum atomic E-state index is 10.8. The Labute approximate surface area is 126 Å². The highest BCUT2D eigenvalue weighted by molar-refractivity contribution is 14.1. The highest BCUT2D eigenvalue weighted by Crippen LogP contribution is 2.30. The molecule has 0 radical (unpaired) electrons. The molecule has 2 rings (SSSR count). The number of hydrogen-bond donors (Lipinski definition) is 1. The Balaban J connectivity index is 2.15. The van der Waals surface area contributed by atoms with Crippen molar-refractivity contribution in [3.05, 3.63) is 31.9 Å². The van der Waals surface area contributed by atoms with Gasteiger partial charge in [-0.05, 0) is 60.4 Å². The minimum atomic E-state index is -0.348. The third-order valence-electron chi connectivity index (χ3n) is 3.58. The first-order chi connectivity index (χ1) is 9.11. The van der Waals surface area contributed by atoms with Crippen molar-refractivity contribution < 1.29 is 4.92 Å². The first-order valence-electron chi connectivity index (χ1n) is 6.50. The number of nitrogens with two attached hydrogens (primary N) is 1. The van der Waals surface area contributed by atoms with E-state index in [1.54, 1.807) is 12.1 Å². The fourth-order valence-corrected chi connectivity index (χ4v) is 3.46. The van der Waals surface area contributed by atoms with Gasteiger partial charge in [0.2, 0.25) is 0 Å². The molecular weight excluding hydrogens is 357 g/mol. The number of non-ortho nitro benzene ring substituents is 1. The molecule has 104 valence electrons. The first-order valence-corrected chi connectivity index (χ1v) is 7.58. The van der Waals surface area contributed by atoms with Crippen LogP contribution in [0.15, 0.2) is 18.2 Å². The minimum Gasteiger partial charge on any atom is -0.370 e. The van der Waals surface area contributed by atoms with Crippen molar-refractivity contribution in [2.24, 2.45) is 11.7 Å². The van der Waals surface area contributed by atoms with Gasteiger partial charge in [-0.3, -0.25) is 10.1 Å². The van der Waals surface area contributed by atoms with Crippen LogP contribution in [-0.2, 0) is 0 Å². The average Bonchev–Trinajstić information content (AvgIpc) is 2.39. The molecule has 1 unspecified atom stereocenters. The summed E-state index contributed by atoms with van der Waals surface area (Å²) in [6.45, 7) is 2.76. The van der Waals surface area contributed by atoms with Crippen LogP contribution in [0.4, 0.5) is 11.4 Å². The molecule has 19 heavy (non-hydrogen) atoms. The summed E-state index contributed by atoms with van der Waals surface area (Å²) in [4.78, 5) is 12.7. The lowest BCUT2D eigenvalue weighted by molar-refractivity contribution is -0.384. The molecule has 6 heteroatoms. The van der Waals surface area contributed by atoms with Crippen molar-refractivity contribution in [3.63, 3.8) is 0 Å². The molecule has 1 aliphatic heterocycles. The number of anilines is 1. The number of nitrogens with zero attached hydrogens (tertiary/aromatic N) is 2. The van der Waals surface area contributed by atoms with E-state index in [2.05, 4.69) is 27.5 Å². The van der Waals surface area contributed by atoms with Crippen molar-refractivity contribution >= 4 is 34.0 Å². The van der Waals surface area contributed by atoms with Gasteiger partial charge in [0, 0.05) is 28.8 Å². The van der Waals surface area contributed by atoms with Gasteiger partial charge in [-0.25, -0.2) is 0 Å². The average molecular weight is 375 g/mol. The predicted molar refractivity (Wildman–Crippen MR) is 84.4 cm³/mol. The van der Waals surface area contributed by atoms with Crippen LogP contribution < -0.4 is 10.6 Å². The Morgan fingerprint density at radius 3 is 2.95 bits per heavy atom. The van der Waals surface area contributed by atoms with E-state index in [0.717, 1.165) is 41.7 Å². The molecule has 0 aliphatic carbocycles. The summed E-state index contributed by atoms with van der Waals surface area (Å²) < 4.78 is 0.945. The molecule has 1 heterocycles. The first kappa shape index (κ1) is 14.5. The fraction of sp³-hybridized carbons (Fsp3) is 0.538. The van der Waals surface area contributed by atoms with Crippen molar-refractivity contribution in [1.29, 1.82) is 0 Å². The van der Waals surface area contributed by atoms with Crippen LogP contribution in [0, 0.1) is 19.6 Å². The summed E-state index contributed by atoms with van der Waals surface area (Å²) >= 11 is 2.18. The van der Waals surface area contributed by atoms with E-state index in [4.69, 9.17) is 5.73 Å². The second kappa shape index (κ2) is 6.51. The van der Waals surface area contributed by atoms with E-state index in [1.165, 1.54) is 6.42 Å². The quantitative estimate of drug-likeness (QED) is 0.499. The molecule has 0 saturated carbocycles. The molecule has 5 nitrogen and oxygen atoms in total. The number of piperidine rings is 1. The van der Waals surface area contributed by atoms with Crippen molar-refractivity contribution in [1.82, 2.24) is 0 Å². The number of halogens is 1. The molecule has 1 aromatic rings. The van der Waals surface area contributed by atoms with E-state index in [9.17, 15) is 10.1 Å². The van der Waals surface area contributed by atoms with Gasteiger partial charge < -0.3 is 10.6 Å². The normalized spacial score (nSPS) is 19.5. The lowest BCUT2D eigenvalue weighted by atomic mass is 9.94. The Morgan fingerprint density at radius 1 is 1.53 bits per heavy atom. The van der Waals surface area contributed by atoms with Crippen molar-refractivity contribution in [3.8, 4) is 0 Å². The molecule has 1 atom stereocenters. The lowest BCUT2D eigenvalue weighted by Crippen LogP contribution is -2.36. The summed E-state index contributed by atoms with van der Waals surface area (Å²) in [5, 5.41) is 10.8. The Morgan fingerprint density at radius 2 is 2.32 bits per heavy atom. The molecule has 1 fully saturated rings. The van der Waals surface area contributed by atoms with Crippen molar-refractivity contribution in [2.45, 2.75) is 19.3 Å². The SMILES string of the molecule is NCCC1CCCN(c2ccc([N+](=O)[O-])cc2I)C1. The van der Waals surface area contributed by atoms with Crippen LogP contribution in [0.5, 0.6) is 0 Å². The van der Waals surface area contributed by atoms with Gasteiger partial charge in [0.15, 0.2) is 0 Å². The zero-order valence-electron chi connectivity index (χ0n) is 10.7. The molecule has 1 aromatic carbocycles. The summed E-state index contributed by atoms with van der Waals surface area (Å²) in [5.74, 6) is 0.643. The Hall–Kier alpha value is -0.890. The molecule has 0 spiro atoms. The standard InChI is InChI=1S/C13H18IN3O2/c14-12-8-11(17(18)19)3-4-13(12)16-7-1-2-10(9-16)5-6-15/h3-4,8,10H,1-2,5-7,9,15H2. The molecule has 1 saturated heterocycles. The second-order valence-corrected chi connectivity index (χ2v) is 6.09. The smallest absolute Gasteiger partial charge is 0.270 e. The van der Waals surface area contributed by atoms with E-state index >= 15 is 0 Å². The van der Waals surface area contributed by atoms with Crippen LogP contribution in [-0.4, -0.2) is 24.6 Å². The number of rotatable bonds is 4. The maximum Gasteiger partial charge on any atom is 0.270 e. The maximum absolute atomic E-state index is 10.8. The largest absolute Gasteiger partial charge is 0.370 e. The third-order valence-corrected chi connectivity index (χ3v) is 4.44. The summed E-state index contributed by atoms with van der Waals surface area (Å²) in [6.07, 6.45) is 3.45. The summed E-state index contributed by atoms with van der Waals surface area (Å²) in [5.41, 5.74) is 6.89. The van der Waals surface area contributed by atoms with E-state index in [-0.39, 0.29) is 10.6 Å². The van der Waals surface area contributed by atoms with Gasteiger partial charge in [0.1, 0.15) is 0 Å². The zero-order valence-corrected chi connectivity index (χ0v) is 12.9. The second-order valence-electron chi connectivity index (χ2n) is 4.92. The van der Waals surface area contributed by atoms with Crippen LogP contribution in [0.3, 0.4) is 0 Å². The summed E-state index contributed by atoms with van der Waals surface area (Å²) in [6, 6.07) is 5.09. The minimum absolute atomic E-state index is 0.156.